The zero-order chi connectivity index (χ0) is 22.1. The maximum atomic E-state index is 12.4. The number of likely N-dealkylation sites (tertiary alicyclic amines) is 1. The van der Waals surface area contributed by atoms with Gasteiger partial charge in [0.1, 0.15) is 0 Å². The number of guanidine groups is 1. The first-order chi connectivity index (χ1) is 14.3. The number of nitrogens with one attached hydrogen (secondary N) is 2. The van der Waals surface area contributed by atoms with E-state index in [0.29, 0.717) is 6.54 Å². The first kappa shape index (κ1) is 27.6. The minimum absolute atomic E-state index is 0. The van der Waals surface area contributed by atoms with Crippen LogP contribution in [0.25, 0.3) is 0 Å². The van der Waals surface area contributed by atoms with E-state index < -0.39 is 10.0 Å². The third kappa shape index (κ3) is 8.93. The Morgan fingerprint density at radius 3 is 2.39 bits per heavy atom. The summed E-state index contributed by atoms with van der Waals surface area (Å²) in [5, 5.41) is 3.30. The van der Waals surface area contributed by atoms with Crippen molar-refractivity contribution in [3.8, 4) is 0 Å². The summed E-state index contributed by atoms with van der Waals surface area (Å²) in [6.45, 7) is 8.17. The van der Waals surface area contributed by atoms with Crippen molar-refractivity contribution in [1.29, 1.82) is 0 Å². The van der Waals surface area contributed by atoms with Gasteiger partial charge in [0.15, 0.2) is 5.96 Å². The van der Waals surface area contributed by atoms with Gasteiger partial charge in [-0.1, -0.05) is 24.3 Å². The van der Waals surface area contributed by atoms with Gasteiger partial charge in [-0.15, -0.1) is 24.0 Å². The highest BCUT2D eigenvalue weighted by Crippen LogP contribution is 2.19. The van der Waals surface area contributed by atoms with Gasteiger partial charge in [0.2, 0.25) is 10.0 Å². The van der Waals surface area contributed by atoms with Gasteiger partial charge in [0.05, 0.1) is 25.3 Å². The third-order valence-corrected chi connectivity index (χ3v) is 6.46. The summed E-state index contributed by atoms with van der Waals surface area (Å²) in [4.78, 5) is 18.6. The van der Waals surface area contributed by atoms with Crippen LogP contribution in [0.4, 0.5) is 0 Å². The van der Waals surface area contributed by atoms with Crippen LogP contribution in [-0.2, 0) is 31.9 Å². The fourth-order valence-corrected chi connectivity index (χ4v) is 5.03. The topological polar surface area (TPSA) is 100 Å². The molecule has 0 amide bonds. The van der Waals surface area contributed by atoms with Crippen molar-refractivity contribution in [3.05, 3.63) is 35.4 Å². The molecule has 8 nitrogen and oxygen atoms in total. The van der Waals surface area contributed by atoms with Gasteiger partial charge in [-0.25, -0.2) is 18.1 Å². The van der Waals surface area contributed by atoms with E-state index in [2.05, 4.69) is 14.9 Å². The molecule has 1 aliphatic rings. The van der Waals surface area contributed by atoms with Gasteiger partial charge in [0.25, 0.3) is 0 Å². The molecular weight excluding hydrogens is 531 g/mol. The monoisotopic (exact) mass is 566 g/mol. The summed E-state index contributed by atoms with van der Waals surface area (Å²) in [5.74, 6) is 0.492. The lowest BCUT2D eigenvalue weighted by atomic mass is 9.97. The lowest BCUT2D eigenvalue weighted by Gasteiger charge is -2.33. The quantitative estimate of drug-likeness (QED) is 0.217. The minimum Gasteiger partial charge on any atom is -0.469 e. The van der Waals surface area contributed by atoms with Crippen LogP contribution in [-0.4, -0.2) is 58.0 Å². The normalized spacial score (nSPS) is 15.5. The van der Waals surface area contributed by atoms with Gasteiger partial charge >= 0.3 is 5.97 Å². The first-order valence-corrected chi connectivity index (χ1v) is 12.1. The number of hydrogen-bond donors (Lipinski definition) is 2. The molecule has 1 aromatic carbocycles. The van der Waals surface area contributed by atoms with Crippen LogP contribution >= 0.6 is 24.0 Å². The van der Waals surface area contributed by atoms with Crippen molar-refractivity contribution in [2.75, 3.05) is 26.7 Å². The molecule has 0 radical (unpaired) electrons. The highest BCUT2D eigenvalue weighted by Gasteiger charge is 2.27. The number of carbonyl (C=O) groups excluding carboxylic acids is 1. The fraction of sp³-hybridized carbons (Fsp3) is 0.619. The number of sulfonamides is 1. The predicted octanol–water partition coefficient (Wildman–Crippen LogP) is 2.48. The molecular formula is C21H35IN4O4S. The SMILES string of the molecule is CCNC(=NCc1ccccc1CS(=O)(=O)NC(C)C)N1CCC(C(=O)OC)CC1.I. The number of rotatable bonds is 8. The highest BCUT2D eigenvalue weighted by atomic mass is 127. The second-order valence-electron chi connectivity index (χ2n) is 7.75. The molecule has 2 rings (SSSR count). The molecule has 1 saturated heterocycles. The molecule has 1 aromatic rings. The zero-order valence-corrected chi connectivity index (χ0v) is 21.9. The molecule has 1 heterocycles. The number of benzene rings is 1. The number of piperidine rings is 1. The average Bonchev–Trinajstić information content (AvgIpc) is 2.70. The molecule has 2 N–H and O–H groups in total. The molecule has 1 aliphatic heterocycles. The number of halogens is 1. The van der Waals surface area contributed by atoms with Gasteiger partial charge in [-0.2, -0.15) is 0 Å². The third-order valence-electron chi connectivity index (χ3n) is 4.94. The molecule has 176 valence electrons. The van der Waals surface area contributed by atoms with Crippen molar-refractivity contribution >= 4 is 45.9 Å². The van der Waals surface area contributed by atoms with E-state index in [1.807, 2.05) is 31.2 Å². The second kappa shape index (κ2) is 13.2. The van der Waals surface area contributed by atoms with Crippen molar-refractivity contribution < 1.29 is 17.9 Å². The maximum Gasteiger partial charge on any atom is 0.308 e. The van der Waals surface area contributed by atoms with E-state index in [4.69, 9.17) is 9.73 Å². The molecule has 1 fully saturated rings. The molecule has 0 unspecified atom stereocenters. The van der Waals surface area contributed by atoms with Crippen LogP contribution in [0.2, 0.25) is 0 Å². The van der Waals surface area contributed by atoms with Crippen molar-refractivity contribution in [2.45, 2.75) is 52.0 Å². The van der Waals surface area contributed by atoms with Crippen LogP contribution in [0.15, 0.2) is 29.3 Å². The first-order valence-electron chi connectivity index (χ1n) is 10.4. The Balaban J connectivity index is 0.00000480. The maximum absolute atomic E-state index is 12.4. The van der Waals surface area contributed by atoms with Gasteiger partial charge in [-0.3, -0.25) is 4.79 Å². The average molecular weight is 567 g/mol. The van der Waals surface area contributed by atoms with Crippen molar-refractivity contribution in [3.63, 3.8) is 0 Å². The molecule has 0 bridgehead atoms. The number of aliphatic imine (C=N–C) groups is 1. The van der Waals surface area contributed by atoms with E-state index >= 15 is 0 Å². The van der Waals surface area contributed by atoms with Gasteiger partial charge in [0, 0.05) is 25.7 Å². The summed E-state index contributed by atoms with van der Waals surface area (Å²) < 4.78 is 32.2. The smallest absolute Gasteiger partial charge is 0.308 e. The van der Waals surface area contributed by atoms with Crippen molar-refractivity contribution in [2.24, 2.45) is 10.9 Å². The summed E-state index contributed by atoms with van der Waals surface area (Å²) in [6.07, 6.45) is 1.46. The van der Waals surface area contributed by atoms with E-state index in [9.17, 15) is 13.2 Å². The molecule has 0 aliphatic carbocycles. The molecule has 0 spiro atoms. The van der Waals surface area contributed by atoms with Gasteiger partial charge < -0.3 is 15.0 Å². The molecule has 0 saturated carbocycles. The highest BCUT2D eigenvalue weighted by molar-refractivity contribution is 14.0. The number of methoxy groups -OCH3 is 1. The van der Waals surface area contributed by atoms with Crippen LogP contribution in [0, 0.1) is 5.92 Å². The zero-order valence-electron chi connectivity index (χ0n) is 18.8. The van der Waals surface area contributed by atoms with Gasteiger partial charge in [-0.05, 0) is 44.7 Å². The predicted molar refractivity (Wildman–Crippen MR) is 134 cm³/mol. The number of carbonyl (C=O) groups is 1. The molecule has 31 heavy (non-hydrogen) atoms. The Bertz CT molecular complexity index is 838. The number of hydrogen-bond acceptors (Lipinski definition) is 5. The number of ether oxygens (including phenoxy) is 1. The minimum atomic E-state index is -3.41. The fourth-order valence-electron chi connectivity index (χ4n) is 3.54. The summed E-state index contributed by atoms with van der Waals surface area (Å²) >= 11 is 0. The Kier molecular flexibility index (Phi) is 11.8. The Morgan fingerprint density at radius 2 is 1.84 bits per heavy atom. The van der Waals surface area contributed by atoms with Crippen LogP contribution in [0.1, 0.15) is 44.7 Å². The summed E-state index contributed by atoms with van der Waals surface area (Å²) in [6, 6.07) is 7.34. The van der Waals surface area contributed by atoms with Crippen molar-refractivity contribution in [1.82, 2.24) is 14.9 Å². The molecule has 10 heteroatoms. The summed E-state index contributed by atoms with van der Waals surface area (Å²) in [7, 11) is -1.99. The van der Waals surface area contributed by atoms with Crippen LogP contribution in [0.3, 0.4) is 0 Å². The Morgan fingerprint density at radius 1 is 1.23 bits per heavy atom. The second-order valence-corrected chi connectivity index (χ2v) is 9.51. The van der Waals surface area contributed by atoms with E-state index in [1.54, 1.807) is 13.8 Å². The van der Waals surface area contributed by atoms with E-state index in [-0.39, 0.29) is 47.7 Å². The number of nitrogens with zero attached hydrogens (tertiary/aromatic N) is 2. The van der Waals surface area contributed by atoms with E-state index in [0.717, 1.165) is 49.6 Å². The lowest BCUT2D eigenvalue weighted by molar-refractivity contribution is -0.146. The largest absolute Gasteiger partial charge is 0.469 e. The Hall–Kier alpha value is -1.40. The lowest BCUT2D eigenvalue weighted by Crippen LogP contribution is -2.46. The van der Waals surface area contributed by atoms with Crippen LogP contribution in [0.5, 0.6) is 0 Å². The number of esters is 1. The Labute approximate surface area is 203 Å². The van der Waals surface area contributed by atoms with E-state index in [1.165, 1.54) is 7.11 Å². The standard InChI is InChI=1S/C21H34N4O4S.HI/c1-5-22-21(25-12-10-17(11-13-25)20(26)29-4)23-14-18-8-6-7-9-19(18)15-30(27,28)24-16(2)3;/h6-9,16-17,24H,5,10-15H2,1-4H3,(H,22,23);1H. The van der Waals surface area contributed by atoms with Crippen LogP contribution < -0.4 is 10.0 Å². The molecule has 0 atom stereocenters. The molecule has 0 aromatic heterocycles. The summed E-state index contributed by atoms with van der Waals surface area (Å²) in [5.41, 5.74) is 1.63.